The summed E-state index contributed by atoms with van der Waals surface area (Å²) < 4.78 is 36.5. The van der Waals surface area contributed by atoms with Gasteiger partial charge in [-0.1, -0.05) is 0 Å². The quantitative estimate of drug-likeness (QED) is 0.778. The molecule has 0 saturated carbocycles. The highest BCUT2D eigenvalue weighted by Gasteiger charge is 2.39. The molecule has 100 valence electrons. The van der Waals surface area contributed by atoms with E-state index >= 15 is 0 Å². The van der Waals surface area contributed by atoms with Gasteiger partial charge in [-0.3, -0.25) is 9.69 Å². The summed E-state index contributed by atoms with van der Waals surface area (Å²) in [6, 6.07) is 0. The van der Waals surface area contributed by atoms with Crippen LogP contribution in [0.1, 0.15) is 13.3 Å². The van der Waals surface area contributed by atoms with Gasteiger partial charge in [0.15, 0.2) is 6.10 Å². The summed E-state index contributed by atoms with van der Waals surface area (Å²) >= 11 is 0. The van der Waals surface area contributed by atoms with Crippen molar-refractivity contribution in [2.75, 3.05) is 32.7 Å². The van der Waals surface area contributed by atoms with Gasteiger partial charge < -0.3 is 10.0 Å². The minimum Gasteiger partial charge on any atom is -0.382 e. The molecule has 4 nitrogen and oxygen atoms in total. The number of amides is 1. The topological polar surface area (TPSA) is 43.8 Å². The molecule has 1 saturated heterocycles. The number of hydrogen-bond acceptors (Lipinski definition) is 3. The van der Waals surface area contributed by atoms with Crippen LogP contribution in [0.15, 0.2) is 0 Å². The van der Waals surface area contributed by atoms with Crippen molar-refractivity contribution in [3.05, 3.63) is 0 Å². The summed E-state index contributed by atoms with van der Waals surface area (Å²) in [5.41, 5.74) is 0. The fourth-order valence-corrected chi connectivity index (χ4v) is 1.82. The second-order valence-electron chi connectivity index (χ2n) is 4.22. The van der Waals surface area contributed by atoms with Crippen LogP contribution in [0.5, 0.6) is 0 Å². The second kappa shape index (κ2) is 5.68. The van der Waals surface area contributed by atoms with Crippen LogP contribution >= 0.6 is 0 Å². The second-order valence-corrected chi connectivity index (χ2v) is 4.22. The first-order chi connectivity index (χ1) is 7.80. The van der Waals surface area contributed by atoms with Crippen molar-refractivity contribution >= 4 is 5.91 Å². The lowest BCUT2D eigenvalue weighted by Gasteiger charge is -2.24. The summed E-state index contributed by atoms with van der Waals surface area (Å²) in [6.07, 6.45) is -6.26. The maximum atomic E-state index is 12.2. The van der Waals surface area contributed by atoms with Crippen molar-refractivity contribution in [2.24, 2.45) is 0 Å². The first kappa shape index (κ1) is 14.2. The Balaban J connectivity index is 2.44. The van der Waals surface area contributed by atoms with E-state index in [2.05, 4.69) is 0 Å². The molecule has 0 radical (unpaired) electrons. The maximum absolute atomic E-state index is 12.2. The van der Waals surface area contributed by atoms with Crippen LogP contribution in [0.3, 0.4) is 0 Å². The van der Waals surface area contributed by atoms with Gasteiger partial charge in [-0.2, -0.15) is 13.2 Å². The van der Waals surface area contributed by atoms with Crippen LogP contribution in [0, 0.1) is 0 Å². The molecule has 1 rings (SSSR count). The molecule has 1 N–H and O–H groups in total. The predicted molar refractivity (Wildman–Crippen MR) is 55.4 cm³/mol. The number of carbonyl (C=O) groups excluding carboxylic acids is 1. The van der Waals surface area contributed by atoms with Crippen molar-refractivity contribution < 1.29 is 23.1 Å². The van der Waals surface area contributed by atoms with Crippen LogP contribution in [-0.2, 0) is 4.79 Å². The van der Waals surface area contributed by atoms with E-state index in [0.29, 0.717) is 32.6 Å². The number of aliphatic hydroxyl groups excluding tert-OH is 1. The van der Waals surface area contributed by atoms with Crippen molar-refractivity contribution in [3.63, 3.8) is 0 Å². The third kappa shape index (κ3) is 4.51. The van der Waals surface area contributed by atoms with Gasteiger partial charge in [0.2, 0.25) is 5.91 Å². The number of alkyl halides is 3. The van der Waals surface area contributed by atoms with Gasteiger partial charge in [-0.05, 0) is 6.42 Å². The standard InChI is InChI=1S/C10H17F3N2O2/c1-8(16)15-4-2-3-14(5-6-15)7-9(17)10(11,12)13/h9,17H,2-7H2,1H3. The van der Waals surface area contributed by atoms with E-state index in [1.807, 2.05) is 0 Å². The largest absolute Gasteiger partial charge is 0.415 e. The average molecular weight is 254 g/mol. The first-order valence-corrected chi connectivity index (χ1v) is 5.53. The number of halogens is 3. The Morgan fingerprint density at radius 3 is 2.47 bits per heavy atom. The highest BCUT2D eigenvalue weighted by atomic mass is 19.4. The molecule has 0 aromatic heterocycles. The van der Waals surface area contributed by atoms with Crippen molar-refractivity contribution in [1.29, 1.82) is 0 Å². The summed E-state index contributed by atoms with van der Waals surface area (Å²) in [6.45, 7) is 2.84. The van der Waals surface area contributed by atoms with E-state index < -0.39 is 18.8 Å². The molecule has 0 spiro atoms. The first-order valence-electron chi connectivity index (χ1n) is 5.53. The van der Waals surface area contributed by atoms with Gasteiger partial charge in [-0.25, -0.2) is 0 Å². The fraction of sp³-hybridized carbons (Fsp3) is 0.900. The monoisotopic (exact) mass is 254 g/mol. The molecule has 17 heavy (non-hydrogen) atoms. The molecule has 0 aromatic carbocycles. The average Bonchev–Trinajstić information content (AvgIpc) is 2.41. The molecular weight excluding hydrogens is 237 g/mol. The molecule has 1 unspecified atom stereocenters. The van der Waals surface area contributed by atoms with Crippen molar-refractivity contribution in [3.8, 4) is 0 Å². The molecule has 7 heteroatoms. The van der Waals surface area contributed by atoms with Crippen LogP contribution in [0.4, 0.5) is 13.2 Å². The van der Waals surface area contributed by atoms with Crippen LogP contribution in [0.2, 0.25) is 0 Å². The summed E-state index contributed by atoms with van der Waals surface area (Å²) in [4.78, 5) is 14.3. The van der Waals surface area contributed by atoms with E-state index in [0.717, 1.165) is 0 Å². The normalized spacial score (nSPS) is 21.1. The van der Waals surface area contributed by atoms with Crippen molar-refractivity contribution in [1.82, 2.24) is 9.80 Å². The molecule has 1 aliphatic rings. The van der Waals surface area contributed by atoms with E-state index in [-0.39, 0.29) is 5.91 Å². The Morgan fingerprint density at radius 2 is 1.94 bits per heavy atom. The molecule has 0 bridgehead atoms. The zero-order valence-electron chi connectivity index (χ0n) is 9.70. The van der Waals surface area contributed by atoms with Crippen LogP contribution in [-0.4, -0.2) is 65.8 Å². The van der Waals surface area contributed by atoms with Gasteiger partial charge in [0.1, 0.15) is 0 Å². The van der Waals surface area contributed by atoms with E-state index in [9.17, 15) is 18.0 Å². The van der Waals surface area contributed by atoms with E-state index in [1.54, 1.807) is 9.80 Å². The Labute approximate surface area is 98.0 Å². The van der Waals surface area contributed by atoms with Gasteiger partial charge in [-0.15, -0.1) is 0 Å². The smallest absolute Gasteiger partial charge is 0.382 e. The Kier molecular flexibility index (Phi) is 4.76. The summed E-state index contributed by atoms with van der Waals surface area (Å²) in [7, 11) is 0. The molecule has 1 heterocycles. The summed E-state index contributed by atoms with van der Waals surface area (Å²) in [5.74, 6) is -0.0665. The van der Waals surface area contributed by atoms with Gasteiger partial charge >= 0.3 is 6.18 Å². The highest BCUT2D eigenvalue weighted by molar-refractivity contribution is 5.73. The number of β-amino-alcohol motifs (C(OH)–C–C–N with tert-alkyl or cyclic N) is 1. The zero-order valence-corrected chi connectivity index (χ0v) is 9.70. The highest BCUT2D eigenvalue weighted by Crippen LogP contribution is 2.21. The molecule has 1 aliphatic heterocycles. The van der Waals surface area contributed by atoms with E-state index in [1.165, 1.54) is 6.92 Å². The Hall–Kier alpha value is -0.820. The van der Waals surface area contributed by atoms with Gasteiger partial charge in [0.05, 0.1) is 0 Å². The Morgan fingerprint density at radius 1 is 1.29 bits per heavy atom. The molecule has 1 amide bonds. The molecular formula is C10H17F3N2O2. The third-order valence-electron chi connectivity index (χ3n) is 2.84. The lowest BCUT2D eigenvalue weighted by atomic mass is 10.3. The summed E-state index contributed by atoms with van der Waals surface area (Å²) in [5, 5.41) is 8.96. The number of nitrogens with zero attached hydrogens (tertiary/aromatic N) is 2. The Bertz CT molecular complexity index is 271. The minimum absolute atomic E-state index is 0.0665. The molecule has 1 atom stereocenters. The van der Waals surface area contributed by atoms with E-state index in [4.69, 9.17) is 5.11 Å². The predicted octanol–water partition coefficient (Wildman–Crippen LogP) is 0.464. The van der Waals surface area contributed by atoms with Gasteiger partial charge in [0, 0.05) is 39.6 Å². The maximum Gasteiger partial charge on any atom is 0.415 e. The van der Waals surface area contributed by atoms with Crippen LogP contribution < -0.4 is 0 Å². The number of carbonyl (C=O) groups is 1. The number of aliphatic hydroxyl groups is 1. The number of rotatable bonds is 2. The van der Waals surface area contributed by atoms with Gasteiger partial charge in [0.25, 0.3) is 0 Å². The zero-order chi connectivity index (χ0) is 13.1. The fourth-order valence-electron chi connectivity index (χ4n) is 1.82. The third-order valence-corrected chi connectivity index (χ3v) is 2.84. The lowest BCUT2D eigenvalue weighted by molar-refractivity contribution is -0.208. The number of hydrogen-bond donors (Lipinski definition) is 1. The molecule has 0 aliphatic carbocycles. The minimum atomic E-state index is -4.58. The lowest BCUT2D eigenvalue weighted by Crippen LogP contribution is -2.42. The van der Waals surface area contributed by atoms with Crippen LogP contribution in [0.25, 0.3) is 0 Å². The molecule has 0 aromatic rings. The molecule has 1 fully saturated rings. The SMILES string of the molecule is CC(=O)N1CCCN(CC(O)C(F)(F)F)CC1. The van der Waals surface area contributed by atoms with Crippen molar-refractivity contribution in [2.45, 2.75) is 25.6 Å².